The van der Waals surface area contributed by atoms with E-state index in [1.165, 1.54) is 23.9 Å². The maximum Gasteiger partial charge on any atom is 0.255 e. The number of aromatic nitrogens is 1. The van der Waals surface area contributed by atoms with Gasteiger partial charge in [0.05, 0.1) is 17.7 Å². The number of hydrogen-bond acceptors (Lipinski definition) is 4. The molecule has 0 unspecified atom stereocenters. The molecule has 5 rings (SSSR count). The van der Waals surface area contributed by atoms with Gasteiger partial charge in [0, 0.05) is 49.0 Å². The number of aryl methyl sites for hydroxylation is 2. The molecule has 2 aromatic carbocycles. The summed E-state index contributed by atoms with van der Waals surface area (Å²) in [6.45, 7) is 7.42. The van der Waals surface area contributed by atoms with Crippen LogP contribution < -0.4 is 10.1 Å². The van der Waals surface area contributed by atoms with Crippen molar-refractivity contribution in [1.29, 1.82) is 0 Å². The maximum atomic E-state index is 12.9. The van der Waals surface area contributed by atoms with Gasteiger partial charge in [-0.15, -0.1) is 0 Å². The minimum absolute atomic E-state index is 0.119. The number of benzene rings is 2. The van der Waals surface area contributed by atoms with Crippen LogP contribution in [-0.2, 0) is 13.6 Å². The number of carbonyl (C=O) groups is 1. The van der Waals surface area contributed by atoms with E-state index >= 15 is 0 Å². The summed E-state index contributed by atoms with van der Waals surface area (Å²) in [5, 5.41) is 14.5. The summed E-state index contributed by atoms with van der Waals surface area (Å²) in [5.41, 5.74) is 4.35. The number of likely N-dealkylation sites (tertiary alicyclic amines) is 1. The number of hydrogen-bond donors (Lipinski definition) is 2. The predicted octanol–water partition coefficient (Wildman–Crippen LogP) is 4.87. The first-order valence-corrected chi connectivity index (χ1v) is 12.4. The number of fused-ring (bicyclic) bond motifs is 1. The van der Waals surface area contributed by atoms with Crippen LogP contribution in [-0.4, -0.2) is 45.8 Å². The Hall–Kier alpha value is -2.83. The van der Waals surface area contributed by atoms with E-state index in [0.29, 0.717) is 11.5 Å². The summed E-state index contributed by atoms with van der Waals surface area (Å²) in [4.78, 5) is 15.3. The number of piperidine rings is 1. The number of nitrogens with one attached hydrogen (secondary N) is 1. The fourth-order valence-electron chi connectivity index (χ4n) is 4.81. The van der Waals surface area contributed by atoms with Crippen LogP contribution in [0.5, 0.6) is 5.75 Å². The predicted molar refractivity (Wildman–Crippen MR) is 135 cm³/mol. The minimum Gasteiger partial charge on any atom is -0.493 e. The van der Waals surface area contributed by atoms with Crippen LogP contribution in [0.4, 0.5) is 5.69 Å². The summed E-state index contributed by atoms with van der Waals surface area (Å²) in [7, 11) is 2.09. The van der Waals surface area contributed by atoms with Gasteiger partial charge in [0.15, 0.2) is 0 Å². The third-order valence-electron chi connectivity index (χ3n) is 7.42. The molecule has 1 saturated heterocycles. The number of rotatable bonds is 7. The Kier molecular flexibility index (Phi) is 6.13. The molecule has 0 radical (unpaired) electrons. The average molecular weight is 462 g/mol. The Bertz CT molecular complexity index is 1180. The van der Waals surface area contributed by atoms with E-state index in [4.69, 9.17) is 4.74 Å². The molecule has 2 fully saturated rings. The van der Waals surface area contributed by atoms with Gasteiger partial charge in [0.2, 0.25) is 0 Å². The highest BCUT2D eigenvalue weighted by molar-refractivity contribution is 6.06. The highest BCUT2D eigenvalue weighted by Crippen LogP contribution is 2.31. The lowest BCUT2D eigenvalue weighted by molar-refractivity contribution is -0.00771. The zero-order valence-electron chi connectivity index (χ0n) is 20.4. The van der Waals surface area contributed by atoms with Crippen LogP contribution in [0.25, 0.3) is 10.9 Å². The van der Waals surface area contributed by atoms with Crippen LogP contribution in [0, 0.1) is 12.8 Å². The largest absolute Gasteiger partial charge is 0.493 e. The standard InChI is InChI=1S/C28H35N3O3/c1-19-25(29-27(32)21-6-9-24(10-7-21)34-18-20-4-5-20)11-8-22-16-23(30(3)26(19)22)17-31-14-12-28(2,33)13-15-31/h6-11,16,20,33H,4-5,12-15,17-18H2,1-3H3,(H,29,32). The van der Waals surface area contributed by atoms with Gasteiger partial charge in [-0.1, -0.05) is 6.07 Å². The molecule has 1 aliphatic carbocycles. The zero-order chi connectivity index (χ0) is 23.9. The van der Waals surface area contributed by atoms with E-state index in [9.17, 15) is 9.90 Å². The van der Waals surface area contributed by atoms with E-state index in [0.717, 1.165) is 61.6 Å². The van der Waals surface area contributed by atoms with Crippen LogP contribution in [0.1, 0.15) is 54.2 Å². The van der Waals surface area contributed by atoms with Crippen LogP contribution in [0.3, 0.4) is 0 Å². The van der Waals surface area contributed by atoms with E-state index in [-0.39, 0.29) is 5.91 Å². The SMILES string of the molecule is Cc1c(NC(=O)c2ccc(OCC3CC3)cc2)ccc2cc(CN3CCC(C)(O)CC3)n(C)c12. The molecular weight excluding hydrogens is 426 g/mol. The molecule has 0 bridgehead atoms. The summed E-state index contributed by atoms with van der Waals surface area (Å²) in [5.74, 6) is 1.40. The number of aliphatic hydroxyl groups is 1. The van der Waals surface area contributed by atoms with Gasteiger partial charge in [-0.3, -0.25) is 9.69 Å². The van der Waals surface area contributed by atoms with Crippen molar-refractivity contribution in [2.45, 2.75) is 51.7 Å². The van der Waals surface area contributed by atoms with E-state index in [1.54, 1.807) is 0 Å². The average Bonchev–Trinajstić information content (AvgIpc) is 3.59. The molecule has 2 aliphatic rings. The minimum atomic E-state index is -0.539. The van der Waals surface area contributed by atoms with Crippen molar-refractivity contribution in [2.24, 2.45) is 13.0 Å². The number of anilines is 1. The third-order valence-corrected chi connectivity index (χ3v) is 7.42. The fraction of sp³-hybridized carbons (Fsp3) is 0.464. The summed E-state index contributed by atoms with van der Waals surface area (Å²) in [6, 6.07) is 13.7. The van der Waals surface area contributed by atoms with Gasteiger partial charge < -0.3 is 19.7 Å². The van der Waals surface area contributed by atoms with Crippen LogP contribution in [0.15, 0.2) is 42.5 Å². The Labute approximate surface area is 201 Å². The number of carbonyl (C=O) groups excluding carboxylic acids is 1. The molecule has 0 spiro atoms. The highest BCUT2D eigenvalue weighted by atomic mass is 16.5. The first-order valence-electron chi connectivity index (χ1n) is 12.4. The molecule has 2 heterocycles. The quantitative estimate of drug-likeness (QED) is 0.527. The molecule has 1 saturated carbocycles. The lowest BCUT2D eigenvalue weighted by Crippen LogP contribution is -2.42. The Morgan fingerprint density at radius 3 is 2.53 bits per heavy atom. The topological polar surface area (TPSA) is 66.7 Å². The number of nitrogens with zero attached hydrogens (tertiary/aromatic N) is 2. The van der Waals surface area contributed by atoms with E-state index in [2.05, 4.69) is 40.9 Å². The highest BCUT2D eigenvalue weighted by Gasteiger charge is 2.27. The second-order valence-corrected chi connectivity index (χ2v) is 10.4. The second kappa shape index (κ2) is 9.08. The molecular formula is C28H35N3O3. The Morgan fingerprint density at radius 1 is 1.15 bits per heavy atom. The maximum absolute atomic E-state index is 12.9. The second-order valence-electron chi connectivity index (χ2n) is 10.4. The normalized spacial score (nSPS) is 18.2. The first kappa shape index (κ1) is 22.9. The van der Waals surface area contributed by atoms with Crippen molar-refractivity contribution in [3.63, 3.8) is 0 Å². The molecule has 3 aromatic rings. The molecule has 6 heteroatoms. The zero-order valence-corrected chi connectivity index (χ0v) is 20.4. The summed E-state index contributed by atoms with van der Waals surface area (Å²) < 4.78 is 8.02. The lowest BCUT2D eigenvalue weighted by Gasteiger charge is -2.35. The Balaban J connectivity index is 1.28. The smallest absolute Gasteiger partial charge is 0.255 e. The molecule has 1 aliphatic heterocycles. The number of amides is 1. The lowest BCUT2D eigenvalue weighted by atomic mass is 9.94. The van der Waals surface area contributed by atoms with Gasteiger partial charge in [-0.2, -0.15) is 0 Å². The van der Waals surface area contributed by atoms with Crippen LogP contribution >= 0.6 is 0 Å². The summed E-state index contributed by atoms with van der Waals surface area (Å²) in [6.07, 6.45) is 4.13. The molecule has 180 valence electrons. The molecule has 6 nitrogen and oxygen atoms in total. The van der Waals surface area contributed by atoms with Gasteiger partial charge in [-0.25, -0.2) is 0 Å². The van der Waals surface area contributed by atoms with E-state index in [1.807, 2.05) is 37.3 Å². The third kappa shape index (κ3) is 4.98. The van der Waals surface area contributed by atoms with Crippen molar-refractivity contribution in [3.05, 3.63) is 59.3 Å². The van der Waals surface area contributed by atoms with Crippen molar-refractivity contribution in [3.8, 4) is 5.75 Å². The molecule has 1 amide bonds. The number of ether oxygens (including phenoxy) is 1. The molecule has 1 aromatic heterocycles. The first-order chi connectivity index (χ1) is 16.3. The fourth-order valence-corrected chi connectivity index (χ4v) is 4.81. The van der Waals surface area contributed by atoms with Crippen molar-refractivity contribution in [2.75, 3.05) is 25.0 Å². The monoisotopic (exact) mass is 461 g/mol. The Morgan fingerprint density at radius 2 is 1.85 bits per heavy atom. The van der Waals surface area contributed by atoms with Gasteiger partial charge in [0.25, 0.3) is 5.91 Å². The summed E-state index contributed by atoms with van der Waals surface area (Å²) >= 11 is 0. The van der Waals surface area contributed by atoms with Gasteiger partial charge in [0.1, 0.15) is 5.75 Å². The van der Waals surface area contributed by atoms with Crippen molar-refractivity contribution >= 4 is 22.5 Å². The van der Waals surface area contributed by atoms with Crippen molar-refractivity contribution < 1.29 is 14.6 Å². The van der Waals surface area contributed by atoms with E-state index < -0.39 is 5.60 Å². The van der Waals surface area contributed by atoms with Crippen molar-refractivity contribution in [1.82, 2.24) is 9.47 Å². The van der Waals surface area contributed by atoms with Gasteiger partial charge in [-0.05, 0) is 87.4 Å². The molecule has 2 N–H and O–H groups in total. The van der Waals surface area contributed by atoms with Crippen LogP contribution in [0.2, 0.25) is 0 Å². The molecule has 34 heavy (non-hydrogen) atoms. The van der Waals surface area contributed by atoms with Gasteiger partial charge >= 0.3 is 0 Å². The molecule has 0 atom stereocenters.